The molecule has 3 rings (SSSR count). The van der Waals surface area contributed by atoms with Crippen LogP contribution < -0.4 is 10.6 Å². The van der Waals surface area contributed by atoms with E-state index >= 15 is 0 Å². The molecule has 0 spiro atoms. The van der Waals surface area contributed by atoms with Gasteiger partial charge in [0.1, 0.15) is 0 Å². The van der Waals surface area contributed by atoms with Gasteiger partial charge in [0.05, 0.1) is 17.3 Å². The maximum absolute atomic E-state index is 12.4. The minimum Gasteiger partial charge on any atom is -0.375 e. The maximum atomic E-state index is 12.4. The zero-order valence-electron chi connectivity index (χ0n) is 14.6. The topological polar surface area (TPSA) is 41.1 Å². The van der Waals surface area contributed by atoms with E-state index in [0.29, 0.717) is 5.02 Å². The smallest absolute Gasteiger partial charge is 0.243 e. The molecule has 0 aliphatic rings. The third kappa shape index (κ3) is 4.87. The average molecular weight is 365 g/mol. The summed E-state index contributed by atoms with van der Waals surface area (Å²) in [4.78, 5) is 12.4. The molecule has 132 valence electrons. The Bertz CT molecular complexity index is 894. The highest BCUT2D eigenvalue weighted by Crippen LogP contribution is 2.23. The van der Waals surface area contributed by atoms with E-state index in [2.05, 4.69) is 22.8 Å². The number of nitrogens with one attached hydrogen (secondary N) is 2. The molecule has 1 amide bonds. The van der Waals surface area contributed by atoms with Crippen molar-refractivity contribution >= 4 is 28.9 Å². The number of halogens is 1. The van der Waals surface area contributed by atoms with Crippen molar-refractivity contribution in [1.82, 2.24) is 0 Å². The minimum atomic E-state index is -0.109. The van der Waals surface area contributed by atoms with Gasteiger partial charge in [-0.25, -0.2) is 0 Å². The Morgan fingerprint density at radius 3 is 2.42 bits per heavy atom. The Hall–Kier alpha value is -2.78. The number of rotatable bonds is 6. The van der Waals surface area contributed by atoms with Crippen molar-refractivity contribution in [2.24, 2.45) is 0 Å². The first-order valence-electron chi connectivity index (χ1n) is 8.53. The molecule has 4 heteroatoms. The summed E-state index contributed by atoms with van der Waals surface area (Å²) in [5.41, 5.74) is 4.96. The Morgan fingerprint density at radius 2 is 1.65 bits per heavy atom. The van der Waals surface area contributed by atoms with Crippen molar-refractivity contribution in [1.29, 1.82) is 0 Å². The summed E-state index contributed by atoms with van der Waals surface area (Å²) in [5, 5.41) is 6.69. The van der Waals surface area contributed by atoms with Gasteiger partial charge in [-0.3, -0.25) is 4.79 Å². The van der Waals surface area contributed by atoms with Crippen molar-refractivity contribution in [3.05, 3.63) is 94.5 Å². The van der Waals surface area contributed by atoms with Gasteiger partial charge in [-0.05, 0) is 48.2 Å². The van der Waals surface area contributed by atoms with E-state index < -0.39 is 0 Å². The van der Waals surface area contributed by atoms with Crippen LogP contribution in [-0.4, -0.2) is 12.5 Å². The van der Waals surface area contributed by atoms with Gasteiger partial charge in [0.25, 0.3) is 0 Å². The Kier molecular flexibility index (Phi) is 5.92. The molecular weight excluding hydrogens is 344 g/mol. The highest BCUT2D eigenvalue weighted by Gasteiger charge is 2.08. The second-order valence-corrected chi connectivity index (χ2v) is 6.61. The summed E-state index contributed by atoms with van der Waals surface area (Å²) in [5.74, 6) is -0.109. The molecule has 0 atom stereocenters. The number of hydrogen-bond donors (Lipinski definition) is 2. The summed E-state index contributed by atoms with van der Waals surface area (Å²) in [6, 6.07) is 23.8. The van der Waals surface area contributed by atoms with Crippen molar-refractivity contribution in [3.63, 3.8) is 0 Å². The zero-order valence-corrected chi connectivity index (χ0v) is 15.4. The van der Waals surface area contributed by atoms with Gasteiger partial charge in [0.2, 0.25) is 5.91 Å². The molecule has 0 saturated carbocycles. The molecule has 0 aromatic heterocycles. The lowest BCUT2D eigenvalue weighted by Gasteiger charge is -2.13. The van der Waals surface area contributed by atoms with Crippen molar-refractivity contribution < 1.29 is 4.79 Å². The van der Waals surface area contributed by atoms with Crippen molar-refractivity contribution in [2.45, 2.75) is 13.3 Å². The first-order valence-corrected chi connectivity index (χ1v) is 8.91. The van der Waals surface area contributed by atoms with Gasteiger partial charge < -0.3 is 10.6 Å². The molecule has 0 unspecified atom stereocenters. The lowest BCUT2D eigenvalue weighted by atomic mass is 10.0. The van der Waals surface area contributed by atoms with E-state index in [1.165, 1.54) is 5.56 Å². The first-order chi connectivity index (χ1) is 12.6. The third-order valence-electron chi connectivity index (χ3n) is 4.09. The molecule has 26 heavy (non-hydrogen) atoms. The van der Waals surface area contributed by atoms with Gasteiger partial charge >= 0.3 is 0 Å². The summed E-state index contributed by atoms with van der Waals surface area (Å²) in [7, 11) is 0. The first kappa shape index (κ1) is 18.0. The van der Waals surface area contributed by atoms with Gasteiger partial charge in [-0.2, -0.15) is 0 Å². The molecule has 0 aliphatic heterocycles. The molecule has 2 N–H and O–H groups in total. The highest BCUT2D eigenvalue weighted by atomic mass is 35.5. The van der Waals surface area contributed by atoms with E-state index in [0.717, 1.165) is 28.9 Å². The second-order valence-electron chi connectivity index (χ2n) is 6.20. The fourth-order valence-corrected chi connectivity index (χ4v) is 3.05. The lowest BCUT2D eigenvalue weighted by Crippen LogP contribution is -2.22. The summed E-state index contributed by atoms with van der Waals surface area (Å²) < 4.78 is 0. The van der Waals surface area contributed by atoms with Gasteiger partial charge in [0, 0.05) is 5.69 Å². The molecule has 0 radical (unpaired) electrons. The minimum absolute atomic E-state index is 0.109. The van der Waals surface area contributed by atoms with Crippen LogP contribution in [0, 0.1) is 6.92 Å². The fourth-order valence-electron chi connectivity index (χ4n) is 2.75. The van der Waals surface area contributed by atoms with E-state index in [-0.39, 0.29) is 12.5 Å². The highest BCUT2D eigenvalue weighted by molar-refractivity contribution is 6.33. The number of aryl methyl sites for hydroxylation is 1. The van der Waals surface area contributed by atoms with Crippen LogP contribution in [0.15, 0.2) is 72.8 Å². The van der Waals surface area contributed by atoms with Crippen LogP contribution in [-0.2, 0) is 11.2 Å². The van der Waals surface area contributed by atoms with Crippen molar-refractivity contribution in [2.75, 3.05) is 17.2 Å². The summed E-state index contributed by atoms with van der Waals surface area (Å²) >= 11 is 6.19. The summed E-state index contributed by atoms with van der Waals surface area (Å²) in [6.45, 7) is 2.13. The van der Waals surface area contributed by atoms with Crippen LogP contribution in [0.4, 0.5) is 11.4 Å². The average Bonchev–Trinajstić information content (AvgIpc) is 2.63. The van der Waals surface area contributed by atoms with Gasteiger partial charge in [-0.1, -0.05) is 66.2 Å². The van der Waals surface area contributed by atoms with Gasteiger partial charge in [0.15, 0.2) is 0 Å². The number of para-hydroxylation sites is 1. The Morgan fingerprint density at radius 1 is 0.923 bits per heavy atom. The quantitative estimate of drug-likeness (QED) is 0.624. The molecule has 0 fully saturated rings. The van der Waals surface area contributed by atoms with Crippen molar-refractivity contribution in [3.8, 4) is 0 Å². The van der Waals surface area contributed by atoms with Crippen LogP contribution in [0.25, 0.3) is 0 Å². The van der Waals surface area contributed by atoms with E-state index in [1.54, 1.807) is 0 Å². The van der Waals surface area contributed by atoms with E-state index in [4.69, 9.17) is 11.6 Å². The van der Waals surface area contributed by atoms with E-state index in [9.17, 15) is 4.79 Å². The Labute approximate surface area is 159 Å². The molecule has 3 nitrogen and oxygen atoms in total. The van der Waals surface area contributed by atoms with E-state index in [1.807, 2.05) is 67.6 Å². The molecule has 3 aromatic carbocycles. The number of benzene rings is 3. The zero-order chi connectivity index (χ0) is 18.4. The van der Waals surface area contributed by atoms with Crippen LogP contribution >= 0.6 is 11.6 Å². The number of amides is 1. The standard InChI is InChI=1S/C22H21ClN2O/c1-16-11-12-21(19(23)13-16)24-15-22(26)25-20-10-6-5-9-18(20)14-17-7-3-2-4-8-17/h2-13,24H,14-15H2,1H3,(H,25,26). The largest absolute Gasteiger partial charge is 0.375 e. The maximum Gasteiger partial charge on any atom is 0.243 e. The monoisotopic (exact) mass is 364 g/mol. The SMILES string of the molecule is Cc1ccc(NCC(=O)Nc2ccccc2Cc2ccccc2)c(Cl)c1. The van der Waals surface area contributed by atoms with Crippen LogP contribution in [0.1, 0.15) is 16.7 Å². The number of carbonyl (C=O) groups is 1. The molecule has 3 aromatic rings. The van der Waals surface area contributed by atoms with Crippen LogP contribution in [0.5, 0.6) is 0 Å². The second kappa shape index (κ2) is 8.54. The molecule has 0 aliphatic carbocycles. The van der Waals surface area contributed by atoms with Crippen LogP contribution in [0.2, 0.25) is 5.02 Å². The third-order valence-corrected chi connectivity index (χ3v) is 4.41. The molecular formula is C22H21ClN2O. The van der Waals surface area contributed by atoms with Crippen LogP contribution in [0.3, 0.4) is 0 Å². The fraction of sp³-hybridized carbons (Fsp3) is 0.136. The number of anilines is 2. The molecule has 0 saturated heterocycles. The molecule has 0 bridgehead atoms. The normalized spacial score (nSPS) is 10.4. The molecule has 0 heterocycles. The predicted octanol–water partition coefficient (Wildman–Crippen LogP) is 5.29. The Balaban J connectivity index is 1.64. The van der Waals surface area contributed by atoms with Gasteiger partial charge in [-0.15, -0.1) is 0 Å². The number of hydrogen-bond acceptors (Lipinski definition) is 2. The lowest BCUT2D eigenvalue weighted by molar-refractivity contribution is -0.114. The predicted molar refractivity (Wildman–Crippen MR) is 109 cm³/mol. The number of carbonyl (C=O) groups excluding carboxylic acids is 1. The summed E-state index contributed by atoms with van der Waals surface area (Å²) in [6.07, 6.45) is 0.772.